The van der Waals surface area contributed by atoms with E-state index in [1.807, 2.05) is 4.72 Å². The maximum atomic E-state index is 13.2. The summed E-state index contributed by atoms with van der Waals surface area (Å²) < 4.78 is 43.7. The van der Waals surface area contributed by atoms with Crippen LogP contribution >= 0.6 is 11.6 Å². The van der Waals surface area contributed by atoms with Gasteiger partial charge < -0.3 is 9.52 Å². The molecule has 0 spiro atoms. The fraction of sp³-hybridized carbons (Fsp3) is 0. The van der Waals surface area contributed by atoms with Crippen molar-refractivity contribution in [2.45, 2.75) is 5.09 Å². The average molecular weight is 320 g/mol. The number of furan rings is 1. The minimum atomic E-state index is -4.15. The standard InChI is InChI=1S/C11H7ClFNO5S/c12-7-2-1-6(5-8(7)13)14-20(17,18)10-4-3-9(19-10)11(15)16/h1-5,14H,(H,15,16). The number of nitrogens with one attached hydrogen (secondary N) is 1. The summed E-state index contributed by atoms with van der Waals surface area (Å²) >= 11 is 5.47. The van der Waals surface area contributed by atoms with Gasteiger partial charge in [-0.1, -0.05) is 11.6 Å². The van der Waals surface area contributed by atoms with Crippen LogP contribution in [-0.4, -0.2) is 19.5 Å². The van der Waals surface area contributed by atoms with Gasteiger partial charge in [-0.25, -0.2) is 9.18 Å². The first kappa shape index (κ1) is 14.4. The molecule has 0 saturated carbocycles. The van der Waals surface area contributed by atoms with Crippen molar-refractivity contribution in [3.05, 3.63) is 46.9 Å². The minimum Gasteiger partial charge on any atom is -0.475 e. The smallest absolute Gasteiger partial charge is 0.371 e. The number of carboxylic acid groups (broad SMARTS) is 1. The van der Waals surface area contributed by atoms with Crippen molar-refractivity contribution in [3.63, 3.8) is 0 Å². The molecule has 0 aliphatic carbocycles. The Kier molecular flexibility index (Phi) is 3.69. The molecule has 2 N–H and O–H groups in total. The first-order chi connectivity index (χ1) is 9.29. The lowest BCUT2D eigenvalue weighted by atomic mass is 10.3. The Bertz CT molecular complexity index is 771. The van der Waals surface area contributed by atoms with Crippen molar-refractivity contribution in [1.29, 1.82) is 0 Å². The lowest BCUT2D eigenvalue weighted by Gasteiger charge is -2.06. The molecule has 2 aromatic rings. The van der Waals surface area contributed by atoms with Gasteiger partial charge in [-0.3, -0.25) is 4.72 Å². The maximum absolute atomic E-state index is 13.2. The predicted molar refractivity (Wildman–Crippen MR) is 67.9 cm³/mol. The van der Waals surface area contributed by atoms with Gasteiger partial charge in [0.25, 0.3) is 10.0 Å². The molecule has 0 atom stereocenters. The minimum absolute atomic E-state index is 0.0693. The summed E-state index contributed by atoms with van der Waals surface area (Å²) in [4.78, 5) is 10.6. The Hall–Kier alpha value is -2.06. The topological polar surface area (TPSA) is 96.6 Å². The number of sulfonamides is 1. The summed E-state index contributed by atoms with van der Waals surface area (Å²) in [6.07, 6.45) is 0. The van der Waals surface area contributed by atoms with Crippen LogP contribution in [0.1, 0.15) is 10.6 Å². The monoisotopic (exact) mass is 319 g/mol. The summed E-state index contributed by atoms with van der Waals surface area (Å²) in [6, 6.07) is 5.31. The van der Waals surface area contributed by atoms with Gasteiger partial charge in [0, 0.05) is 0 Å². The van der Waals surface area contributed by atoms with E-state index in [0.29, 0.717) is 0 Å². The zero-order valence-electron chi connectivity index (χ0n) is 9.63. The quantitative estimate of drug-likeness (QED) is 0.902. The van der Waals surface area contributed by atoms with Crippen LogP contribution in [0.15, 0.2) is 39.8 Å². The second-order valence-electron chi connectivity index (χ2n) is 3.66. The fourth-order valence-corrected chi connectivity index (χ4v) is 2.45. The molecule has 2 rings (SSSR count). The van der Waals surface area contributed by atoms with Crippen LogP contribution < -0.4 is 4.72 Å². The van der Waals surface area contributed by atoms with Crippen LogP contribution in [-0.2, 0) is 10.0 Å². The molecule has 0 aliphatic heterocycles. The zero-order chi connectivity index (χ0) is 14.9. The molecule has 0 saturated heterocycles. The molecular formula is C11H7ClFNO5S. The van der Waals surface area contributed by atoms with E-state index >= 15 is 0 Å². The highest BCUT2D eigenvalue weighted by atomic mass is 35.5. The van der Waals surface area contributed by atoms with E-state index in [2.05, 4.69) is 4.42 Å². The molecule has 0 aliphatic rings. The summed E-state index contributed by atoms with van der Waals surface area (Å²) in [6.45, 7) is 0. The number of carboxylic acids is 1. The van der Waals surface area contributed by atoms with Crippen molar-refractivity contribution in [3.8, 4) is 0 Å². The molecule has 1 heterocycles. The summed E-state index contributed by atoms with van der Waals surface area (Å²) in [5.74, 6) is -2.71. The molecule has 1 aromatic carbocycles. The van der Waals surface area contributed by atoms with Crippen LogP contribution in [0.2, 0.25) is 5.02 Å². The highest BCUT2D eigenvalue weighted by Gasteiger charge is 2.21. The van der Waals surface area contributed by atoms with Gasteiger partial charge in [0.05, 0.1) is 10.7 Å². The molecule has 0 fully saturated rings. The molecule has 0 bridgehead atoms. The number of aromatic carboxylic acids is 1. The lowest BCUT2D eigenvalue weighted by Crippen LogP contribution is -2.12. The number of benzene rings is 1. The maximum Gasteiger partial charge on any atom is 0.371 e. The summed E-state index contributed by atoms with van der Waals surface area (Å²) in [7, 11) is -4.15. The van der Waals surface area contributed by atoms with Crippen LogP contribution in [0.5, 0.6) is 0 Å². The van der Waals surface area contributed by atoms with E-state index in [0.717, 1.165) is 18.2 Å². The van der Waals surface area contributed by atoms with E-state index in [-0.39, 0.29) is 10.7 Å². The molecule has 1 aromatic heterocycles. The Labute approximate surface area is 117 Å². The van der Waals surface area contributed by atoms with E-state index < -0.39 is 32.7 Å². The second kappa shape index (κ2) is 5.14. The normalized spacial score (nSPS) is 11.3. The SMILES string of the molecule is O=C(O)c1ccc(S(=O)(=O)Nc2ccc(Cl)c(F)c2)o1. The van der Waals surface area contributed by atoms with Gasteiger partial charge in [-0.2, -0.15) is 8.42 Å². The van der Waals surface area contributed by atoms with Crippen LogP contribution in [0, 0.1) is 5.82 Å². The Balaban J connectivity index is 2.30. The summed E-state index contributed by atoms with van der Waals surface area (Å²) in [5.41, 5.74) is -0.0693. The average Bonchev–Trinajstić information content (AvgIpc) is 2.84. The van der Waals surface area contributed by atoms with Gasteiger partial charge >= 0.3 is 5.97 Å². The molecular weight excluding hydrogens is 313 g/mol. The molecule has 20 heavy (non-hydrogen) atoms. The predicted octanol–water partition coefficient (Wildman–Crippen LogP) is 2.57. The van der Waals surface area contributed by atoms with E-state index in [4.69, 9.17) is 16.7 Å². The third kappa shape index (κ3) is 2.91. The van der Waals surface area contributed by atoms with Crippen LogP contribution in [0.4, 0.5) is 10.1 Å². The largest absolute Gasteiger partial charge is 0.475 e. The van der Waals surface area contributed by atoms with Gasteiger partial charge in [0.2, 0.25) is 10.9 Å². The number of carbonyl (C=O) groups is 1. The number of halogens is 2. The first-order valence-electron chi connectivity index (χ1n) is 5.10. The van der Waals surface area contributed by atoms with Gasteiger partial charge in [0.1, 0.15) is 5.82 Å². The van der Waals surface area contributed by atoms with Crippen LogP contribution in [0.25, 0.3) is 0 Å². The Morgan fingerprint density at radius 2 is 2.00 bits per heavy atom. The molecule has 0 radical (unpaired) electrons. The third-order valence-electron chi connectivity index (χ3n) is 2.23. The highest BCUT2D eigenvalue weighted by molar-refractivity contribution is 7.92. The summed E-state index contributed by atoms with van der Waals surface area (Å²) in [5, 5.41) is 7.90. The lowest BCUT2D eigenvalue weighted by molar-refractivity contribution is 0.0656. The van der Waals surface area contributed by atoms with Gasteiger partial charge in [-0.05, 0) is 30.3 Å². The molecule has 0 unspecified atom stereocenters. The Morgan fingerprint density at radius 3 is 2.55 bits per heavy atom. The van der Waals surface area contributed by atoms with Crippen LogP contribution in [0.3, 0.4) is 0 Å². The molecule has 106 valence electrons. The van der Waals surface area contributed by atoms with Crippen molar-refractivity contribution < 1.29 is 27.1 Å². The second-order valence-corrected chi connectivity index (χ2v) is 5.68. The number of anilines is 1. The number of hydrogen-bond acceptors (Lipinski definition) is 4. The van der Waals surface area contributed by atoms with Gasteiger partial charge in [0.15, 0.2) is 0 Å². The van der Waals surface area contributed by atoms with Crippen molar-refractivity contribution in [2.75, 3.05) is 4.72 Å². The number of hydrogen-bond donors (Lipinski definition) is 2. The van der Waals surface area contributed by atoms with Crippen molar-refractivity contribution in [1.82, 2.24) is 0 Å². The van der Waals surface area contributed by atoms with E-state index in [1.165, 1.54) is 12.1 Å². The molecule has 6 nitrogen and oxygen atoms in total. The van der Waals surface area contributed by atoms with E-state index in [1.54, 1.807) is 0 Å². The molecule has 9 heteroatoms. The van der Waals surface area contributed by atoms with Gasteiger partial charge in [-0.15, -0.1) is 0 Å². The zero-order valence-corrected chi connectivity index (χ0v) is 11.2. The number of rotatable bonds is 4. The highest BCUT2D eigenvalue weighted by Crippen LogP contribution is 2.22. The fourth-order valence-electron chi connectivity index (χ4n) is 1.34. The first-order valence-corrected chi connectivity index (χ1v) is 6.97. The third-order valence-corrected chi connectivity index (χ3v) is 3.79. The van der Waals surface area contributed by atoms with Crippen molar-refractivity contribution >= 4 is 33.3 Å². The Morgan fingerprint density at radius 1 is 1.30 bits per heavy atom. The molecule has 0 amide bonds. The van der Waals surface area contributed by atoms with E-state index in [9.17, 15) is 17.6 Å². The van der Waals surface area contributed by atoms with Crippen molar-refractivity contribution in [2.24, 2.45) is 0 Å².